The van der Waals surface area contributed by atoms with Gasteiger partial charge in [-0.2, -0.15) is 17.5 Å². The number of amides is 1. The predicted molar refractivity (Wildman–Crippen MR) is 145 cm³/mol. The summed E-state index contributed by atoms with van der Waals surface area (Å²) in [6, 6.07) is 7.24. The van der Waals surface area contributed by atoms with Crippen LogP contribution < -0.4 is 10.4 Å². The van der Waals surface area contributed by atoms with Crippen molar-refractivity contribution in [3.05, 3.63) is 77.8 Å². The van der Waals surface area contributed by atoms with Crippen LogP contribution in [0.25, 0.3) is 0 Å². The number of nitrogens with one attached hydrogen (secondary N) is 1. The molecule has 0 aromatic carbocycles. The Labute approximate surface area is 240 Å². The van der Waals surface area contributed by atoms with E-state index in [0.717, 1.165) is 12.3 Å². The van der Waals surface area contributed by atoms with E-state index < -0.39 is 39.3 Å². The maximum atomic E-state index is 13.1. The Balaban J connectivity index is 1.30. The number of pyridine rings is 2. The number of sulfonamides is 1. The fourth-order valence-electron chi connectivity index (χ4n) is 4.32. The van der Waals surface area contributed by atoms with E-state index in [2.05, 4.69) is 31.8 Å². The van der Waals surface area contributed by atoms with Crippen molar-refractivity contribution >= 4 is 21.7 Å². The predicted octanol–water partition coefficient (Wildman–Crippen LogP) is 2.28. The van der Waals surface area contributed by atoms with Crippen molar-refractivity contribution in [1.82, 2.24) is 29.7 Å². The van der Waals surface area contributed by atoms with Crippen LogP contribution in [0.2, 0.25) is 0 Å². The number of halogens is 3. The van der Waals surface area contributed by atoms with Crippen LogP contribution in [0, 0.1) is 17.8 Å². The van der Waals surface area contributed by atoms with Crippen molar-refractivity contribution in [2.75, 3.05) is 36.8 Å². The van der Waals surface area contributed by atoms with Crippen LogP contribution in [-0.4, -0.2) is 75.7 Å². The van der Waals surface area contributed by atoms with Crippen LogP contribution in [0.5, 0.6) is 0 Å². The molecule has 1 unspecified atom stereocenters. The van der Waals surface area contributed by atoms with Crippen molar-refractivity contribution in [1.29, 1.82) is 0 Å². The summed E-state index contributed by atoms with van der Waals surface area (Å²) in [6.45, 7) is 1.12. The molecule has 1 aliphatic heterocycles. The number of aryl methyl sites for hydroxylation is 1. The van der Waals surface area contributed by atoms with Crippen LogP contribution in [0.15, 0.2) is 55.1 Å². The lowest BCUT2D eigenvalue weighted by Gasteiger charge is -2.35. The molecular formula is C27H28F3N7O4S. The van der Waals surface area contributed by atoms with E-state index in [1.165, 1.54) is 16.6 Å². The average molecular weight is 604 g/mol. The summed E-state index contributed by atoms with van der Waals surface area (Å²) in [7, 11) is -3.79. The normalized spacial score (nSPS) is 15.0. The maximum absolute atomic E-state index is 13.1. The van der Waals surface area contributed by atoms with Gasteiger partial charge in [0.05, 0.1) is 17.2 Å². The second-order valence-electron chi connectivity index (χ2n) is 9.48. The number of hydroxylamine groups is 1. The van der Waals surface area contributed by atoms with E-state index >= 15 is 0 Å². The molecule has 0 radical (unpaired) electrons. The molecule has 0 bridgehead atoms. The number of piperazine rings is 1. The lowest BCUT2D eigenvalue weighted by atomic mass is 10.0. The number of aromatic nitrogens is 4. The number of carbonyl (C=O) groups excluding carboxylic acids is 1. The van der Waals surface area contributed by atoms with E-state index in [1.54, 1.807) is 36.1 Å². The Morgan fingerprint density at radius 2 is 1.74 bits per heavy atom. The van der Waals surface area contributed by atoms with E-state index in [9.17, 15) is 26.4 Å². The smallest absolute Gasteiger partial charge is 0.354 e. The second kappa shape index (κ2) is 13.7. The quantitative estimate of drug-likeness (QED) is 0.214. The molecule has 222 valence electrons. The highest BCUT2D eigenvalue weighted by Crippen LogP contribution is 2.28. The minimum absolute atomic E-state index is 0.188. The molecule has 2 N–H and O–H groups in total. The molecule has 0 aliphatic carbocycles. The largest absolute Gasteiger partial charge is 0.417 e. The molecule has 1 saturated heterocycles. The molecule has 4 heterocycles. The van der Waals surface area contributed by atoms with E-state index in [1.807, 2.05) is 4.90 Å². The molecule has 15 heteroatoms. The fourth-order valence-corrected chi connectivity index (χ4v) is 6.08. The van der Waals surface area contributed by atoms with Crippen molar-refractivity contribution in [3.8, 4) is 11.8 Å². The highest BCUT2D eigenvalue weighted by atomic mass is 32.2. The highest BCUT2D eigenvalue weighted by Gasteiger charge is 2.33. The van der Waals surface area contributed by atoms with Gasteiger partial charge in [0.25, 0.3) is 0 Å². The topological polar surface area (TPSA) is 142 Å². The van der Waals surface area contributed by atoms with E-state index in [-0.39, 0.29) is 25.2 Å². The number of hydrogen-bond acceptors (Lipinski definition) is 9. The van der Waals surface area contributed by atoms with Crippen molar-refractivity contribution in [2.45, 2.75) is 25.4 Å². The molecule has 4 rings (SSSR count). The molecule has 3 aromatic rings. The molecule has 1 amide bonds. The number of alkyl halides is 3. The van der Waals surface area contributed by atoms with Gasteiger partial charge in [0.2, 0.25) is 15.9 Å². The monoisotopic (exact) mass is 603 g/mol. The first-order valence-corrected chi connectivity index (χ1v) is 14.6. The zero-order valence-corrected chi connectivity index (χ0v) is 23.1. The van der Waals surface area contributed by atoms with Crippen molar-refractivity contribution < 1.29 is 31.6 Å². The molecule has 0 saturated carbocycles. The number of nitrogens with zero attached hydrogens (tertiary/aromatic N) is 6. The molecule has 1 atom stereocenters. The van der Waals surface area contributed by atoms with Gasteiger partial charge in [0.15, 0.2) is 0 Å². The number of carbonyl (C=O) groups is 1. The van der Waals surface area contributed by atoms with Gasteiger partial charge in [-0.15, -0.1) is 0 Å². The van der Waals surface area contributed by atoms with Crippen LogP contribution in [0.1, 0.15) is 35.5 Å². The maximum Gasteiger partial charge on any atom is 0.417 e. The van der Waals surface area contributed by atoms with Crippen LogP contribution in [-0.2, 0) is 27.4 Å². The van der Waals surface area contributed by atoms with Crippen LogP contribution in [0.4, 0.5) is 19.0 Å². The number of anilines is 1. The summed E-state index contributed by atoms with van der Waals surface area (Å²) in [5.74, 6) is 4.59. The summed E-state index contributed by atoms with van der Waals surface area (Å²) in [5, 5.41) is 9.14. The van der Waals surface area contributed by atoms with E-state index in [4.69, 9.17) is 5.21 Å². The summed E-state index contributed by atoms with van der Waals surface area (Å²) in [5.41, 5.74) is 1.45. The number of rotatable bonds is 9. The molecule has 42 heavy (non-hydrogen) atoms. The lowest BCUT2D eigenvalue weighted by molar-refractivity contribution is -0.137. The molecular weight excluding hydrogens is 575 g/mol. The van der Waals surface area contributed by atoms with Crippen LogP contribution >= 0.6 is 0 Å². The second-order valence-corrected chi connectivity index (χ2v) is 11.5. The summed E-state index contributed by atoms with van der Waals surface area (Å²) in [6.07, 6.45) is 2.17. The highest BCUT2D eigenvalue weighted by molar-refractivity contribution is 7.89. The third kappa shape index (κ3) is 8.44. The first kappa shape index (κ1) is 30.8. The van der Waals surface area contributed by atoms with Gasteiger partial charge >= 0.3 is 6.18 Å². The van der Waals surface area contributed by atoms with E-state index in [0.29, 0.717) is 43.1 Å². The summed E-state index contributed by atoms with van der Waals surface area (Å²) in [4.78, 5) is 30.5. The minimum Gasteiger partial charge on any atom is -0.354 e. The van der Waals surface area contributed by atoms with Gasteiger partial charge in [-0.3, -0.25) is 10.0 Å². The van der Waals surface area contributed by atoms with Crippen molar-refractivity contribution in [2.24, 2.45) is 5.92 Å². The number of hydrogen-bond donors (Lipinski definition) is 2. The van der Waals surface area contributed by atoms with Gasteiger partial charge in [-0.1, -0.05) is 5.92 Å². The molecule has 1 aliphatic rings. The molecule has 1 fully saturated rings. The first-order chi connectivity index (χ1) is 20.0. The summed E-state index contributed by atoms with van der Waals surface area (Å²) >= 11 is 0. The SMILES string of the molecule is O=C(NO)C(CCCc1ncccn1)CS(=O)(=O)N1CCN(c2ccc(C#Cc3ccc(C(F)(F)F)cn3)cn2)CC1. The lowest BCUT2D eigenvalue weighted by Crippen LogP contribution is -2.50. The van der Waals surface area contributed by atoms with Crippen LogP contribution in [0.3, 0.4) is 0 Å². The summed E-state index contributed by atoms with van der Waals surface area (Å²) < 4.78 is 65.6. The third-order valence-corrected chi connectivity index (χ3v) is 8.57. The van der Waals surface area contributed by atoms with Gasteiger partial charge in [-0.05, 0) is 49.1 Å². The van der Waals surface area contributed by atoms with Gasteiger partial charge in [0, 0.05) is 63.0 Å². The minimum atomic E-state index is -4.47. The van der Waals surface area contributed by atoms with Gasteiger partial charge < -0.3 is 4.90 Å². The zero-order chi connectivity index (χ0) is 30.2. The Kier molecular flexibility index (Phi) is 10.0. The molecule has 11 nitrogen and oxygen atoms in total. The third-order valence-electron chi connectivity index (χ3n) is 6.59. The Morgan fingerprint density at radius 3 is 2.33 bits per heavy atom. The van der Waals surface area contributed by atoms with Gasteiger partial charge in [-0.25, -0.2) is 33.8 Å². The Hall–Kier alpha value is -4.13. The van der Waals surface area contributed by atoms with Crippen molar-refractivity contribution in [3.63, 3.8) is 0 Å². The average Bonchev–Trinajstić information content (AvgIpc) is 2.99. The Morgan fingerprint density at radius 1 is 1.00 bits per heavy atom. The Bertz CT molecular complexity index is 1500. The first-order valence-electron chi connectivity index (χ1n) is 13.0. The standard InChI is InChI=1S/C27H28F3N7O4S/c28-27(29,30)22-7-9-23(33-18-22)8-5-20-6-10-25(34-17-20)36-13-15-37(16-14-36)42(40,41)19-21(26(38)35-39)3-1-4-24-31-11-2-12-32-24/h2,6-7,9-12,17-18,21,39H,1,3-4,13-16,19H2,(H,35,38). The zero-order valence-electron chi connectivity index (χ0n) is 22.3. The molecule has 0 spiro atoms. The van der Waals surface area contributed by atoms with Gasteiger partial charge in [0.1, 0.15) is 17.3 Å². The molecule has 3 aromatic heterocycles. The fraction of sp³-hybridized carbons (Fsp3) is 0.370.